The molecule has 0 spiro atoms. The molecule has 0 fully saturated rings. The molecule has 0 saturated carbocycles. The second kappa shape index (κ2) is 9.37. The van der Waals surface area contributed by atoms with Gasteiger partial charge in [0.1, 0.15) is 29.0 Å². The lowest BCUT2D eigenvalue weighted by Crippen LogP contribution is -2.28. The molecule has 168 valence electrons. The maximum absolute atomic E-state index is 13.0. The molecule has 5 rings (SSSR count). The fourth-order valence-corrected chi connectivity index (χ4v) is 3.99. The third-order valence-electron chi connectivity index (χ3n) is 4.99. The lowest BCUT2D eigenvalue weighted by atomic mass is 10.1. The van der Waals surface area contributed by atoms with E-state index in [1.165, 1.54) is 5.01 Å². The van der Waals surface area contributed by atoms with Gasteiger partial charge in [-0.1, -0.05) is 29.5 Å². The van der Waals surface area contributed by atoms with E-state index < -0.39 is 0 Å². The van der Waals surface area contributed by atoms with E-state index in [1.54, 1.807) is 24.7 Å². The molecule has 10 heteroatoms. The number of benzene rings is 1. The largest absolute Gasteiger partial charge is 0.484 e. The van der Waals surface area contributed by atoms with Crippen LogP contribution in [0.3, 0.4) is 0 Å². The van der Waals surface area contributed by atoms with Crippen molar-refractivity contribution in [2.45, 2.75) is 31.2 Å². The molecule has 4 heterocycles. The molecule has 0 radical (unpaired) electrons. The highest BCUT2D eigenvalue weighted by molar-refractivity contribution is 7.99. The zero-order valence-electron chi connectivity index (χ0n) is 17.7. The molecule has 1 unspecified atom stereocenters. The van der Waals surface area contributed by atoms with Crippen LogP contribution in [0.15, 0.2) is 84.6 Å². The van der Waals surface area contributed by atoms with Crippen molar-refractivity contribution in [2.75, 3.05) is 5.75 Å². The average Bonchev–Trinajstić information content (AvgIpc) is 3.63. The Morgan fingerprint density at radius 2 is 1.94 bits per heavy atom. The van der Waals surface area contributed by atoms with Crippen LogP contribution in [-0.4, -0.2) is 32.6 Å². The number of carbonyl (C=O) groups excluding carboxylic acids is 1. The first-order valence-corrected chi connectivity index (χ1v) is 11.3. The van der Waals surface area contributed by atoms with Gasteiger partial charge < -0.3 is 18.0 Å². The minimum Gasteiger partial charge on any atom is -0.484 e. The maximum atomic E-state index is 13.0. The van der Waals surface area contributed by atoms with Crippen molar-refractivity contribution >= 4 is 23.4 Å². The summed E-state index contributed by atoms with van der Waals surface area (Å²) in [7, 11) is 0. The zero-order valence-corrected chi connectivity index (χ0v) is 18.5. The number of aromatic nitrogens is 2. The molecule has 9 nitrogen and oxygen atoms in total. The number of ether oxygens (including phenoxy) is 1. The fraction of sp³-hybridized carbons (Fsp3) is 0.217. The van der Waals surface area contributed by atoms with E-state index in [9.17, 15) is 4.79 Å². The second-order valence-corrected chi connectivity index (χ2v) is 8.28. The minimum atomic E-state index is -0.339. The average molecular weight is 465 g/mol. The molecule has 0 saturated heterocycles. The van der Waals surface area contributed by atoms with Crippen LogP contribution in [0.25, 0.3) is 0 Å². The molecule has 0 N–H and O–H groups in total. The number of rotatable bonds is 8. The third kappa shape index (κ3) is 4.85. The molecule has 0 aliphatic carbocycles. The lowest BCUT2D eigenvalue weighted by Gasteiger charge is -2.19. The smallest absolute Gasteiger partial charge is 0.277 e. The number of amides is 1. The van der Waals surface area contributed by atoms with E-state index in [2.05, 4.69) is 15.3 Å². The maximum Gasteiger partial charge on any atom is 0.277 e. The topological polar surface area (TPSA) is 107 Å². The highest BCUT2D eigenvalue weighted by Crippen LogP contribution is 2.34. The van der Waals surface area contributed by atoms with Crippen molar-refractivity contribution in [3.63, 3.8) is 0 Å². The molecule has 1 aliphatic heterocycles. The van der Waals surface area contributed by atoms with Gasteiger partial charge in [0, 0.05) is 6.42 Å². The van der Waals surface area contributed by atoms with Crippen LogP contribution < -0.4 is 4.74 Å². The van der Waals surface area contributed by atoms with E-state index in [0.717, 1.165) is 17.3 Å². The molecule has 1 aromatic carbocycles. The van der Waals surface area contributed by atoms with E-state index in [0.29, 0.717) is 35.3 Å². The van der Waals surface area contributed by atoms with Gasteiger partial charge in [-0.3, -0.25) is 4.79 Å². The number of nitrogens with zero attached hydrogens (tertiary/aromatic N) is 4. The Kier molecular flexibility index (Phi) is 5.99. The molecular weight excluding hydrogens is 444 g/mol. The van der Waals surface area contributed by atoms with Crippen LogP contribution >= 0.6 is 11.8 Å². The van der Waals surface area contributed by atoms with Gasteiger partial charge in [0.25, 0.3) is 17.0 Å². The third-order valence-corrected chi connectivity index (χ3v) is 5.80. The molecule has 4 aromatic rings. The Morgan fingerprint density at radius 1 is 1.12 bits per heavy atom. The summed E-state index contributed by atoms with van der Waals surface area (Å²) in [6.07, 6.45) is 3.66. The van der Waals surface area contributed by atoms with Crippen LogP contribution in [0.1, 0.15) is 35.4 Å². The van der Waals surface area contributed by atoms with E-state index in [1.807, 2.05) is 43.3 Å². The van der Waals surface area contributed by atoms with Crippen molar-refractivity contribution in [3.05, 3.63) is 84.0 Å². The lowest BCUT2D eigenvalue weighted by molar-refractivity contribution is -0.130. The van der Waals surface area contributed by atoms with Gasteiger partial charge in [-0.2, -0.15) is 5.10 Å². The molecular formula is C23H20N4O5S. The highest BCUT2D eigenvalue weighted by Gasteiger charge is 2.35. The van der Waals surface area contributed by atoms with E-state index >= 15 is 0 Å². The van der Waals surface area contributed by atoms with E-state index in [4.69, 9.17) is 18.0 Å². The van der Waals surface area contributed by atoms with Gasteiger partial charge in [0.2, 0.25) is 0 Å². The Balaban J connectivity index is 1.21. The summed E-state index contributed by atoms with van der Waals surface area (Å²) in [5, 5.41) is 14.2. The van der Waals surface area contributed by atoms with Crippen LogP contribution in [-0.2, 0) is 11.4 Å². The zero-order chi connectivity index (χ0) is 22.6. The summed E-state index contributed by atoms with van der Waals surface area (Å²) in [6, 6.07) is 14.6. The number of hydrogen-bond acceptors (Lipinski definition) is 9. The van der Waals surface area contributed by atoms with Crippen molar-refractivity contribution in [1.29, 1.82) is 0 Å². The summed E-state index contributed by atoms with van der Waals surface area (Å²) in [4.78, 5) is 13.0. The Morgan fingerprint density at radius 3 is 2.70 bits per heavy atom. The van der Waals surface area contributed by atoms with Gasteiger partial charge in [-0.05, 0) is 43.3 Å². The number of furan rings is 2. The van der Waals surface area contributed by atoms with Crippen molar-refractivity contribution in [3.8, 4) is 5.75 Å². The van der Waals surface area contributed by atoms with Gasteiger partial charge in [0.15, 0.2) is 6.61 Å². The minimum absolute atomic E-state index is 0.0760. The number of hydrogen-bond donors (Lipinski definition) is 0. The standard InChI is InChI=1S/C23H20N4O5S/c1-15-6-8-16(9-7-15)31-13-21-24-25-23(32-21)33-14-22(28)27-18(20-5-3-11-30-20)12-17(26-27)19-4-2-10-29-19/h2-11,18H,12-14H2,1H3. The Labute approximate surface area is 193 Å². The Hall–Kier alpha value is -3.79. The molecule has 1 atom stereocenters. The summed E-state index contributed by atoms with van der Waals surface area (Å²) < 4.78 is 22.2. The molecule has 1 amide bonds. The molecule has 3 aromatic heterocycles. The van der Waals surface area contributed by atoms with Crippen molar-refractivity contribution < 1.29 is 22.8 Å². The van der Waals surface area contributed by atoms with Crippen LogP contribution in [0, 0.1) is 6.92 Å². The Bertz CT molecular complexity index is 1230. The predicted molar refractivity (Wildman–Crippen MR) is 119 cm³/mol. The number of hydrazone groups is 1. The first kappa shape index (κ1) is 21.1. The van der Waals surface area contributed by atoms with Crippen LogP contribution in [0.2, 0.25) is 0 Å². The summed E-state index contributed by atoms with van der Waals surface area (Å²) >= 11 is 1.15. The first-order chi connectivity index (χ1) is 16.2. The fourth-order valence-electron chi connectivity index (χ4n) is 3.36. The summed E-state index contributed by atoms with van der Waals surface area (Å²) in [5.41, 5.74) is 1.84. The number of aryl methyl sites for hydroxylation is 1. The highest BCUT2D eigenvalue weighted by atomic mass is 32.2. The van der Waals surface area contributed by atoms with Gasteiger partial charge >= 0.3 is 0 Å². The first-order valence-electron chi connectivity index (χ1n) is 10.3. The summed E-state index contributed by atoms with van der Waals surface area (Å²) in [6.45, 7) is 2.16. The SMILES string of the molecule is Cc1ccc(OCc2nnc(SCC(=O)N3N=C(c4ccco4)CC3c3ccco3)o2)cc1. The van der Waals surface area contributed by atoms with Crippen LogP contribution in [0.5, 0.6) is 5.75 Å². The number of thioether (sulfide) groups is 1. The van der Waals surface area contributed by atoms with Gasteiger partial charge in [0.05, 0.1) is 18.3 Å². The molecule has 0 bridgehead atoms. The quantitative estimate of drug-likeness (QED) is 0.348. The van der Waals surface area contributed by atoms with Gasteiger partial charge in [-0.25, -0.2) is 5.01 Å². The van der Waals surface area contributed by atoms with E-state index in [-0.39, 0.29) is 29.5 Å². The second-order valence-electron chi connectivity index (χ2n) is 7.35. The monoisotopic (exact) mass is 464 g/mol. The van der Waals surface area contributed by atoms with Crippen LogP contribution in [0.4, 0.5) is 0 Å². The molecule has 1 aliphatic rings. The molecule has 33 heavy (non-hydrogen) atoms. The predicted octanol–water partition coefficient (Wildman–Crippen LogP) is 4.61. The normalized spacial score (nSPS) is 15.6. The van der Waals surface area contributed by atoms with Crippen molar-refractivity contribution in [1.82, 2.24) is 15.2 Å². The number of carbonyl (C=O) groups is 1. The van der Waals surface area contributed by atoms with Crippen molar-refractivity contribution in [2.24, 2.45) is 5.10 Å². The summed E-state index contributed by atoms with van der Waals surface area (Å²) in [5.74, 6) is 2.20. The van der Waals surface area contributed by atoms with Gasteiger partial charge in [-0.15, -0.1) is 10.2 Å².